The third-order valence-electron chi connectivity index (χ3n) is 6.46. The van der Waals surface area contributed by atoms with E-state index >= 15 is 4.39 Å². The number of thiazole rings is 1. The van der Waals surface area contributed by atoms with Crippen molar-refractivity contribution >= 4 is 49.7 Å². The van der Waals surface area contributed by atoms with E-state index in [0.29, 0.717) is 42.4 Å². The van der Waals surface area contributed by atoms with Gasteiger partial charge in [-0.1, -0.05) is 12.1 Å². The first-order valence-corrected chi connectivity index (χ1v) is 12.6. The first kappa shape index (κ1) is 22.6. The zero-order chi connectivity index (χ0) is 24.6. The number of halogens is 1. The number of anilines is 2. The molecule has 1 fully saturated rings. The van der Waals surface area contributed by atoms with Crippen LogP contribution in [0.1, 0.15) is 10.4 Å². The van der Waals surface area contributed by atoms with Crippen LogP contribution in [0, 0.1) is 11.7 Å². The summed E-state index contributed by atoms with van der Waals surface area (Å²) in [6.07, 6.45) is 1.75. The molecule has 180 valence electrons. The Balaban J connectivity index is 1.29. The van der Waals surface area contributed by atoms with Crippen LogP contribution in [0.4, 0.5) is 15.8 Å². The van der Waals surface area contributed by atoms with Crippen LogP contribution in [-0.4, -0.2) is 47.6 Å². The number of aromatic nitrogens is 2. The molecule has 0 bridgehead atoms. The summed E-state index contributed by atoms with van der Waals surface area (Å²) in [6.45, 7) is 1.93. The maximum absolute atomic E-state index is 15.2. The van der Waals surface area contributed by atoms with E-state index < -0.39 is 5.82 Å². The molecule has 1 saturated heterocycles. The van der Waals surface area contributed by atoms with Crippen molar-refractivity contribution in [1.29, 1.82) is 0 Å². The first-order chi connectivity index (χ1) is 17.5. The lowest BCUT2D eigenvalue weighted by atomic mass is 10.00. The highest BCUT2D eigenvalue weighted by Crippen LogP contribution is 2.32. The van der Waals surface area contributed by atoms with Crippen molar-refractivity contribution in [3.05, 3.63) is 83.8 Å². The van der Waals surface area contributed by atoms with Gasteiger partial charge in [0.2, 0.25) is 0 Å². The van der Waals surface area contributed by atoms with Gasteiger partial charge in [-0.25, -0.2) is 9.37 Å². The maximum atomic E-state index is 15.2. The number of amides is 1. The first-order valence-electron chi connectivity index (χ1n) is 11.7. The van der Waals surface area contributed by atoms with E-state index in [0.717, 1.165) is 32.5 Å². The fraction of sp³-hybridized carbons (Fsp3) is 0.179. The smallest absolute Gasteiger partial charge is 0.253 e. The van der Waals surface area contributed by atoms with Gasteiger partial charge in [0.25, 0.3) is 5.91 Å². The third kappa shape index (κ3) is 4.29. The van der Waals surface area contributed by atoms with Gasteiger partial charge in [-0.15, -0.1) is 11.3 Å². The summed E-state index contributed by atoms with van der Waals surface area (Å²) < 4.78 is 21.5. The maximum Gasteiger partial charge on any atom is 0.253 e. The molecule has 0 spiro atoms. The average molecular weight is 499 g/mol. The fourth-order valence-corrected chi connectivity index (χ4v) is 5.14. The van der Waals surface area contributed by atoms with E-state index in [2.05, 4.69) is 15.3 Å². The van der Waals surface area contributed by atoms with Crippen molar-refractivity contribution in [3.8, 4) is 11.1 Å². The number of hydrogen-bond acceptors (Lipinski definition) is 6. The molecule has 5 aromatic rings. The zero-order valence-corrected chi connectivity index (χ0v) is 20.4. The van der Waals surface area contributed by atoms with E-state index in [4.69, 9.17) is 4.74 Å². The van der Waals surface area contributed by atoms with Crippen LogP contribution in [0.3, 0.4) is 0 Å². The molecule has 2 aromatic heterocycles. The van der Waals surface area contributed by atoms with Gasteiger partial charge in [0.1, 0.15) is 5.82 Å². The van der Waals surface area contributed by atoms with Crippen molar-refractivity contribution in [2.45, 2.75) is 0 Å². The molecule has 1 aliphatic heterocycles. The standard InChI is InChI=1S/C28H23FN4O2S/c1-33(13-17-14-35-15-17)28(34)19-2-5-21(23(29)11-19)18-3-6-24-22(10-18)25(8-9-30-24)32-20-4-7-27-26(12-20)31-16-36-27/h2-12,16-17H,13-15H2,1H3,(H,30,32). The second-order valence-corrected chi connectivity index (χ2v) is 9.92. The van der Waals surface area contributed by atoms with Crippen LogP contribution in [0.2, 0.25) is 0 Å². The van der Waals surface area contributed by atoms with Crippen LogP contribution in [0.5, 0.6) is 0 Å². The van der Waals surface area contributed by atoms with Crippen molar-refractivity contribution in [2.24, 2.45) is 5.92 Å². The molecule has 3 heterocycles. The zero-order valence-electron chi connectivity index (χ0n) is 19.6. The molecule has 1 amide bonds. The molecular weight excluding hydrogens is 475 g/mol. The summed E-state index contributed by atoms with van der Waals surface area (Å²) in [6, 6.07) is 18.3. The average Bonchev–Trinajstić information content (AvgIpc) is 3.33. The van der Waals surface area contributed by atoms with Gasteiger partial charge in [-0.05, 0) is 54.1 Å². The van der Waals surface area contributed by atoms with Crippen LogP contribution < -0.4 is 5.32 Å². The number of nitrogens with one attached hydrogen (secondary N) is 1. The van der Waals surface area contributed by atoms with Gasteiger partial charge in [-0.2, -0.15) is 0 Å². The largest absolute Gasteiger partial charge is 0.381 e. The minimum atomic E-state index is -0.437. The number of carbonyl (C=O) groups excluding carboxylic acids is 1. The molecule has 0 saturated carbocycles. The van der Waals surface area contributed by atoms with Crippen LogP contribution in [-0.2, 0) is 4.74 Å². The number of ether oxygens (including phenoxy) is 1. The lowest BCUT2D eigenvalue weighted by Crippen LogP contribution is -2.40. The molecule has 6 rings (SSSR count). The van der Waals surface area contributed by atoms with Gasteiger partial charge in [0.05, 0.1) is 34.5 Å². The van der Waals surface area contributed by atoms with E-state index in [-0.39, 0.29) is 5.91 Å². The Morgan fingerprint density at radius 2 is 1.97 bits per heavy atom. The number of benzene rings is 3. The summed E-state index contributed by atoms with van der Waals surface area (Å²) in [7, 11) is 1.74. The Labute approximate surface area is 211 Å². The topological polar surface area (TPSA) is 67.3 Å². The molecule has 6 nitrogen and oxygen atoms in total. The second kappa shape index (κ2) is 9.29. The highest BCUT2D eigenvalue weighted by molar-refractivity contribution is 7.16. The van der Waals surface area contributed by atoms with Gasteiger partial charge in [0, 0.05) is 53.6 Å². The molecule has 1 aliphatic rings. The number of nitrogens with zero attached hydrogens (tertiary/aromatic N) is 3. The summed E-state index contributed by atoms with van der Waals surface area (Å²) in [5, 5.41) is 4.33. The Morgan fingerprint density at radius 3 is 2.78 bits per heavy atom. The molecule has 0 unspecified atom stereocenters. The number of hydrogen-bond donors (Lipinski definition) is 1. The van der Waals surface area contributed by atoms with Gasteiger partial charge < -0.3 is 15.0 Å². The van der Waals surface area contributed by atoms with E-state index in [9.17, 15) is 4.79 Å². The molecule has 8 heteroatoms. The summed E-state index contributed by atoms with van der Waals surface area (Å²) >= 11 is 1.60. The Bertz CT molecular complexity index is 1600. The second-order valence-electron chi connectivity index (χ2n) is 9.03. The molecule has 0 radical (unpaired) electrons. The number of rotatable bonds is 6. The van der Waals surface area contributed by atoms with Crippen LogP contribution in [0.15, 0.2) is 72.4 Å². The van der Waals surface area contributed by atoms with E-state index in [1.165, 1.54) is 6.07 Å². The third-order valence-corrected chi connectivity index (χ3v) is 7.27. The van der Waals surface area contributed by atoms with Gasteiger partial charge in [-0.3, -0.25) is 9.78 Å². The molecular formula is C28H23FN4O2S. The predicted molar refractivity (Wildman–Crippen MR) is 141 cm³/mol. The fourth-order valence-electron chi connectivity index (χ4n) is 4.48. The number of fused-ring (bicyclic) bond motifs is 2. The van der Waals surface area contributed by atoms with Gasteiger partial charge >= 0.3 is 0 Å². The monoisotopic (exact) mass is 498 g/mol. The summed E-state index contributed by atoms with van der Waals surface area (Å²) in [4.78, 5) is 23.3. The quantitative estimate of drug-likeness (QED) is 0.306. The minimum absolute atomic E-state index is 0.196. The summed E-state index contributed by atoms with van der Waals surface area (Å²) in [5.41, 5.74) is 6.83. The molecule has 0 atom stereocenters. The van der Waals surface area contributed by atoms with Crippen LogP contribution >= 0.6 is 11.3 Å². The minimum Gasteiger partial charge on any atom is -0.381 e. The lowest BCUT2D eigenvalue weighted by molar-refractivity contribution is -0.0411. The Kier molecular flexibility index (Phi) is 5.83. The Morgan fingerprint density at radius 1 is 1.08 bits per heavy atom. The van der Waals surface area contributed by atoms with Crippen molar-refractivity contribution in [3.63, 3.8) is 0 Å². The normalized spacial score (nSPS) is 13.6. The van der Waals surface area contributed by atoms with Crippen molar-refractivity contribution in [2.75, 3.05) is 32.1 Å². The Hall–Kier alpha value is -3.88. The molecule has 36 heavy (non-hydrogen) atoms. The predicted octanol–water partition coefficient (Wildman–Crippen LogP) is 6.11. The van der Waals surface area contributed by atoms with Crippen molar-refractivity contribution in [1.82, 2.24) is 14.9 Å². The van der Waals surface area contributed by atoms with Crippen molar-refractivity contribution < 1.29 is 13.9 Å². The van der Waals surface area contributed by atoms with Crippen LogP contribution in [0.25, 0.3) is 32.2 Å². The summed E-state index contributed by atoms with van der Waals surface area (Å²) in [5.74, 6) is -0.285. The SMILES string of the molecule is CN(CC1COC1)C(=O)c1ccc(-c2ccc3nccc(Nc4ccc5scnc5c4)c3c2)c(F)c1. The number of carbonyl (C=O) groups is 1. The van der Waals surface area contributed by atoms with E-state index in [1.807, 2.05) is 48.0 Å². The highest BCUT2D eigenvalue weighted by Gasteiger charge is 2.23. The lowest BCUT2D eigenvalue weighted by Gasteiger charge is -2.30. The molecule has 3 aromatic carbocycles. The molecule has 0 aliphatic carbocycles. The van der Waals surface area contributed by atoms with Gasteiger partial charge in [0.15, 0.2) is 0 Å². The van der Waals surface area contributed by atoms with E-state index in [1.54, 1.807) is 41.6 Å². The number of pyridine rings is 1. The highest BCUT2D eigenvalue weighted by atomic mass is 32.1. The molecule has 1 N–H and O–H groups in total.